The van der Waals surface area contributed by atoms with Gasteiger partial charge in [0.25, 0.3) is 5.91 Å². The molecule has 2 aliphatic rings. The van der Waals surface area contributed by atoms with Crippen LogP contribution < -0.4 is 5.73 Å². The van der Waals surface area contributed by atoms with Gasteiger partial charge in [0, 0.05) is 32.1 Å². The monoisotopic (exact) mass is 440 g/mol. The van der Waals surface area contributed by atoms with Crippen LogP contribution >= 0.6 is 11.6 Å². The lowest BCUT2D eigenvalue weighted by molar-refractivity contribution is -0.160. The fraction of sp³-hybridized carbons (Fsp3) is 0.417. The topological polar surface area (TPSA) is 82.2 Å². The highest BCUT2D eigenvalue weighted by Gasteiger charge is 2.48. The summed E-state index contributed by atoms with van der Waals surface area (Å²) in [6.45, 7) is 2.08. The number of hydrogen-bond acceptors (Lipinski definition) is 3. The van der Waals surface area contributed by atoms with E-state index in [0.717, 1.165) is 25.7 Å². The zero-order valence-electron chi connectivity index (χ0n) is 17.6. The average Bonchev–Trinajstić information content (AvgIpc) is 3.36. The number of guanidine groups is 1. The Balaban J connectivity index is 1.48. The molecule has 4 rings (SSSR count). The summed E-state index contributed by atoms with van der Waals surface area (Å²) in [5.74, 6) is 0.133. The van der Waals surface area contributed by atoms with Crippen LogP contribution in [-0.2, 0) is 10.4 Å². The molecule has 1 saturated carbocycles. The van der Waals surface area contributed by atoms with Gasteiger partial charge in [-0.3, -0.25) is 4.79 Å². The maximum atomic E-state index is 13.6. The number of nitrogens with zero attached hydrogens (tertiary/aromatic N) is 3. The molecule has 31 heavy (non-hydrogen) atoms. The second-order valence-corrected chi connectivity index (χ2v) is 8.72. The van der Waals surface area contributed by atoms with Crippen LogP contribution in [0.25, 0.3) is 0 Å². The molecule has 0 unspecified atom stereocenters. The van der Waals surface area contributed by atoms with Gasteiger partial charge in [-0.15, -0.1) is 0 Å². The number of para-hydroxylation sites is 1. The lowest BCUT2D eigenvalue weighted by Gasteiger charge is -2.41. The summed E-state index contributed by atoms with van der Waals surface area (Å²) in [6, 6.07) is 16.7. The van der Waals surface area contributed by atoms with Gasteiger partial charge in [0.1, 0.15) is 0 Å². The van der Waals surface area contributed by atoms with E-state index in [0.29, 0.717) is 48.4 Å². The van der Waals surface area contributed by atoms with Crippen LogP contribution in [0.3, 0.4) is 0 Å². The first-order valence-electron chi connectivity index (χ1n) is 10.9. The van der Waals surface area contributed by atoms with E-state index in [1.165, 1.54) is 0 Å². The number of nitrogens with two attached hydrogens (primary N) is 1. The van der Waals surface area contributed by atoms with Gasteiger partial charge in [0.15, 0.2) is 11.6 Å². The molecule has 7 heteroatoms. The van der Waals surface area contributed by atoms with E-state index < -0.39 is 5.60 Å². The van der Waals surface area contributed by atoms with Gasteiger partial charge in [0.2, 0.25) is 0 Å². The maximum Gasteiger partial charge on any atom is 0.259 e. The third-order valence-electron chi connectivity index (χ3n) is 6.46. The summed E-state index contributed by atoms with van der Waals surface area (Å²) in [6.07, 6.45) is 3.84. The van der Waals surface area contributed by atoms with Crippen molar-refractivity contribution in [1.82, 2.24) is 9.80 Å². The predicted octanol–water partition coefficient (Wildman–Crippen LogP) is 3.51. The van der Waals surface area contributed by atoms with Crippen LogP contribution in [-0.4, -0.2) is 53.0 Å². The molecule has 0 spiro atoms. The molecular weight excluding hydrogens is 412 g/mol. The molecule has 2 fully saturated rings. The zero-order chi connectivity index (χ0) is 21.8. The largest absolute Gasteiger partial charge is 0.375 e. The number of benzene rings is 2. The predicted molar refractivity (Wildman–Crippen MR) is 123 cm³/mol. The molecule has 0 aromatic heterocycles. The van der Waals surface area contributed by atoms with E-state index in [9.17, 15) is 9.90 Å². The first kappa shape index (κ1) is 21.7. The van der Waals surface area contributed by atoms with Crippen molar-refractivity contribution in [3.63, 3.8) is 0 Å². The Kier molecular flexibility index (Phi) is 6.49. The van der Waals surface area contributed by atoms with Crippen LogP contribution in [0.5, 0.6) is 0 Å². The second-order valence-electron chi connectivity index (χ2n) is 8.31. The Bertz CT molecular complexity index is 938. The third-order valence-corrected chi connectivity index (χ3v) is 6.78. The summed E-state index contributed by atoms with van der Waals surface area (Å²) in [4.78, 5) is 21.8. The van der Waals surface area contributed by atoms with Crippen molar-refractivity contribution in [2.45, 2.75) is 31.3 Å². The fourth-order valence-electron chi connectivity index (χ4n) is 4.69. The maximum absolute atomic E-state index is 13.6. The number of carbonyl (C=O) groups is 1. The summed E-state index contributed by atoms with van der Waals surface area (Å²) in [5.41, 5.74) is 6.05. The number of piperazine rings is 1. The van der Waals surface area contributed by atoms with Crippen LogP contribution in [0.4, 0.5) is 5.69 Å². The summed E-state index contributed by atoms with van der Waals surface area (Å²) < 4.78 is 0. The molecule has 0 radical (unpaired) electrons. The normalized spacial score (nSPS) is 20.0. The van der Waals surface area contributed by atoms with Gasteiger partial charge < -0.3 is 20.6 Å². The molecule has 1 saturated heterocycles. The van der Waals surface area contributed by atoms with Crippen LogP contribution in [0, 0.1) is 5.92 Å². The highest BCUT2D eigenvalue weighted by Crippen LogP contribution is 2.42. The summed E-state index contributed by atoms with van der Waals surface area (Å²) >= 11 is 6.18. The molecular formula is C24H29ClN4O2. The third kappa shape index (κ3) is 4.41. The Morgan fingerprint density at radius 2 is 1.55 bits per heavy atom. The van der Waals surface area contributed by atoms with E-state index in [2.05, 4.69) is 4.99 Å². The van der Waals surface area contributed by atoms with Gasteiger partial charge in [-0.25, -0.2) is 4.99 Å². The first-order chi connectivity index (χ1) is 15.0. The molecule has 2 aromatic rings. The van der Waals surface area contributed by atoms with Gasteiger partial charge in [-0.05, 0) is 30.5 Å². The standard InChI is InChI=1S/C24H29ClN4O2/c25-20-12-6-7-13-21(20)27-23(26)29-16-14-28(15-17-29)22(30)24(31,19-10-4-5-11-19)18-8-2-1-3-9-18/h1-3,6-9,12-13,19,31H,4-5,10-11,14-17H2,(H2,26,27)/t24-/m0/s1. The van der Waals surface area contributed by atoms with E-state index in [1.807, 2.05) is 53.4 Å². The van der Waals surface area contributed by atoms with Gasteiger partial charge in [-0.2, -0.15) is 0 Å². The Labute approximate surface area is 188 Å². The molecule has 3 N–H and O–H groups in total. The summed E-state index contributed by atoms with van der Waals surface area (Å²) in [7, 11) is 0. The van der Waals surface area contributed by atoms with Crippen molar-refractivity contribution in [1.29, 1.82) is 0 Å². The number of aliphatic hydroxyl groups is 1. The highest BCUT2D eigenvalue weighted by atomic mass is 35.5. The summed E-state index contributed by atoms with van der Waals surface area (Å²) in [5, 5.41) is 12.3. The quantitative estimate of drug-likeness (QED) is 0.563. The van der Waals surface area contributed by atoms with E-state index in [-0.39, 0.29) is 11.8 Å². The smallest absolute Gasteiger partial charge is 0.259 e. The SMILES string of the molecule is NC(=Nc1ccccc1Cl)N1CCN(C(=O)[C@](O)(c2ccccc2)C2CCCC2)CC1. The molecule has 1 aliphatic heterocycles. The zero-order valence-corrected chi connectivity index (χ0v) is 18.3. The van der Waals surface area contributed by atoms with Crippen LogP contribution in [0.15, 0.2) is 59.6 Å². The molecule has 1 aliphatic carbocycles. The molecule has 1 heterocycles. The van der Waals surface area contributed by atoms with E-state index in [4.69, 9.17) is 17.3 Å². The van der Waals surface area contributed by atoms with Crippen LogP contribution in [0.2, 0.25) is 5.02 Å². The van der Waals surface area contributed by atoms with Gasteiger partial charge in [-0.1, -0.05) is 66.9 Å². The molecule has 1 amide bonds. The lowest BCUT2D eigenvalue weighted by atomic mass is 9.79. The second kappa shape index (κ2) is 9.28. The van der Waals surface area contributed by atoms with E-state index in [1.54, 1.807) is 11.0 Å². The number of aliphatic imine (C=N–C) groups is 1. The van der Waals surface area contributed by atoms with Crippen molar-refractivity contribution >= 4 is 29.2 Å². The Hall–Kier alpha value is -2.57. The lowest BCUT2D eigenvalue weighted by Crippen LogP contribution is -2.58. The van der Waals surface area contributed by atoms with Crippen molar-refractivity contribution < 1.29 is 9.90 Å². The minimum Gasteiger partial charge on any atom is -0.375 e. The van der Waals surface area contributed by atoms with Gasteiger partial charge in [0.05, 0.1) is 10.7 Å². The van der Waals surface area contributed by atoms with Crippen LogP contribution in [0.1, 0.15) is 31.2 Å². The van der Waals surface area contributed by atoms with E-state index >= 15 is 0 Å². The highest BCUT2D eigenvalue weighted by molar-refractivity contribution is 6.33. The molecule has 164 valence electrons. The minimum absolute atomic E-state index is 0.0488. The molecule has 2 aromatic carbocycles. The number of rotatable bonds is 4. The van der Waals surface area contributed by atoms with Crippen molar-refractivity contribution in [3.8, 4) is 0 Å². The number of amides is 1. The van der Waals surface area contributed by atoms with Gasteiger partial charge >= 0.3 is 0 Å². The first-order valence-corrected chi connectivity index (χ1v) is 11.3. The minimum atomic E-state index is -1.48. The Morgan fingerprint density at radius 3 is 2.19 bits per heavy atom. The van der Waals surface area contributed by atoms with Crippen molar-refractivity contribution in [2.75, 3.05) is 26.2 Å². The fourth-order valence-corrected chi connectivity index (χ4v) is 4.86. The molecule has 0 bridgehead atoms. The van der Waals surface area contributed by atoms with Crippen molar-refractivity contribution in [2.24, 2.45) is 16.6 Å². The molecule has 1 atom stereocenters. The number of hydrogen-bond donors (Lipinski definition) is 2. The average molecular weight is 441 g/mol. The molecule has 6 nitrogen and oxygen atoms in total. The Morgan fingerprint density at radius 1 is 0.968 bits per heavy atom. The number of halogens is 1. The van der Waals surface area contributed by atoms with Crippen molar-refractivity contribution in [3.05, 3.63) is 65.2 Å². The number of carbonyl (C=O) groups excluding carboxylic acids is 1.